The first-order valence-electron chi connectivity index (χ1n) is 6.92. The lowest BCUT2D eigenvalue weighted by Gasteiger charge is -2.18. The number of para-hydroxylation sites is 1. The summed E-state index contributed by atoms with van der Waals surface area (Å²) < 4.78 is 10.7. The Bertz CT molecular complexity index is 579. The van der Waals surface area contributed by atoms with E-state index in [2.05, 4.69) is 25.1 Å². The first-order valence-corrected chi connectivity index (χ1v) is 7.80. The molecule has 21 heavy (non-hydrogen) atoms. The molecule has 112 valence electrons. The van der Waals surface area contributed by atoms with Gasteiger partial charge >= 0.3 is 0 Å². The van der Waals surface area contributed by atoms with Crippen LogP contribution in [-0.2, 0) is 0 Å². The number of nitrogen functional groups attached to an aromatic ring is 1. The molecule has 3 nitrogen and oxygen atoms in total. The standard InChI is InChI=1S/C17H21NO2S/c1-4-16(21-17-8-6-5-7-15(17)18)12-9-13(19-2)11-14(10-12)20-3/h5-11,16H,4,18H2,1-3H3/t16-/m0/s1. The minimum absolute atomic E-state index is 0.304. The second kappa shape index (κ2) is 7.27. The summed E-state index contributed by atoms with van der Waals surface area (Å²) in [6.07, 6.45) is 0.995. The summed E-state index contributed by atoms with van der Waals surface area (Å²) in [5.41, 5.74) is 8.04. The van der Waals surface area contributed by atoms with Gasteiger partial charge in [-0.3, -0.25) is 0 Å². The highest BCUT2D eigenvalue weighted by Gasteiger charge is 2.15. The highest BCUT2D eigenvalue weighted by Crippen LogP contribution is 2.42. The van der Waals surface area contributed by atoms with E-state index in [-0.39, 0.29) is 0 Å². The number of rotatable bonds is 6. The molecule has 0 heterocycles. The maximum atomic E-state index is 6.04. The Balaban J connectivity index is 2.31. The Morgan fingerprint density at radius 2 is 1.67 bits per heavy atom. The zero-order chi connectivity index (χ0) is 15.2. The average molecular weight is 303 g/mol. The summed E-state index contributed by atoms with van der Waals surface area (Å²) in [4.78, 5) is 1.10. The molecule has 0 spiro atoms. The third-order valence-electron chi connectivity index (χ3n) is 3.30. The van der Waals surface area contributed by atoms with Gasteiger partial charge in [0.2, 0.25) is 0 Å². The molecule has 1 atom stereocenters. The number of anilines is 1. The van der Waals surface area contributed by atoms with Crippen LogP contribution in [-0.4, -0.2) is 14.2 Å². The Labute approximate surface area is 130 Å². The first kappa shape index (κ1) is 15.6. The SMILES string of the molecule is CC[C@H](Sc1ccccc1N)c1cc(OC)cc(OC)c1. The predicted molar refractivity (Wildman–Crippen MR) is 89.3 cm³/mol. The highest BCUT2D eigenvalue weighted by atomic mass is 32.2. The number of methoxy groups -OCH3 is 2. The van der Waals surface area contributed by atoms with E-state index >= 15 is 0 Å². The molecule has 0 amide bonds. The van der Waals surface area contributed by atoms with E-state index in [4.69, 9.17) is 15.2 Å². The lowest BCUT2D eigenvalue weighted by Crippen LogP contribution is -1.97. The fourth-order valence-corrected chi connectivity index (χ4v) is 3.25. The van der Waals surface area contributed by atoms with E-state index in [0.717, 1.165) is 28.5 Å². The van der Waals surface area contributed by atoms with E-state index in [0.29, 0.717) is 5.25 Å². The molecule has 0 saturated heterocycles. The zero-order valence-corrected chi connectivity index (χ0v) is 13.4. The highest BCUT2D eigenvalue weighted by molar-refractivity contribution is 7.99. The van der Waals surface area contributed by atoms with Crippen LogP contribution in [0.15, 0.2) is 47.4 Å². The van der Waals surface area contributed by atoms with Crippen molar-refractivity contribution < 1.29 is 9.47 Å². The molecule has 4 heteroatoms. The van der Waals surface area contributed by atoms with E-state index < -0.39 is 0 Å². The molecule has 0 unspecified atom stereocenters. The third-order valence-corrected chi connectivity index (χ3v) is 4.82. The minimum atomic E-state index is 0.304. The molecule has 0 aromatic heterocycles. The predicted octanol–water partition coefficient (Wildman–Crippen LogP) is 4.53. The number of ether oxygens (including phenoxy) is 2. The maximum absolute atomic E-state index is 6.04. The van der Waals surface area contributed by atoms with Crippen LogP contribution < -0.4 is 15.2 Å². The smallest absolute Gasteiger partial charge is 0.122 e. The van der Waals surface area contributed by atoms with Crippen molar-refractivity contribution in [3.05, 3.63) is 48.0 Å². The fraction of sp³-hybridized carbons (Fsp3) is 0.294. The molecule has 2 aromatic carbocycles. The zero-order valence-electron chi connectivity index (χ0n) is 12.6. The van der Waals surface area contributed by atoms with Gasteiger partial charge in [-0.1, -0.05) is 19.1 Å². The van der Waals surface area contributed by atoms with Crippen LogP contribution in [0.25, 0.3) is 0 Å². The first-order chi connectivity index (χ1) is 10.2. The van der Waals surface area contributed by atoms with Crippen molar-refractivity contribution in [2.24, 2.45) is 0 Å². The van der Waals surface area contributed by atoms with Crippen molar-refractivity contribution in [3.8, 4) is 11.5 Å². The molecular formula is C17H21NO2S. The number of hydrogen-bond acceptors (Lipinski definition) is 4. The van der Waals surface area contributed by atoms with Crippen LogP contribution >= 0.6 is 11.8 Å². The normalized spacial score (nSPS) is 12.0. The van der Waals surface area contributed by atoms with Crippen molar-refractivity contribution in [3.63, 3.8) is 0 Å². The summed E-state index contributed by atoms with van der Waals surface area (Å²) in [6.45, 7) is 2.17. The molecule has 0 radical (unpaired) electrons. The van der Waals surface area contributed by atoms with Gasteiger partial charge in [0, 0.05) is 21.9 Å². The van der Waals surface area contributed by atoms with E-state index in [1.54, 1.807) is 26.0 Å². The van der Waals surface area contributed by atoms with E-state index in [1.807, 2.05) is 24.3 Å². The second-order valence-electron chi connectivity index (χ2n) is 4.70. The topological polar surface area (TPSA) is 44.5 Å². The Morgan fingerprint density at radius 1 is 1.05 bits per heavy atom. The summed E-state index contributed by atoms with van der Waals surface area (Å²) in [7, 11) is 3.34. The monoisotopic (exact) mass is 303 g/mol. The van der Waals surface area contributed by atoms with Crippen molar-refractivity contribution in [2.45, 2.75) is 23.5 Å². The molecule has 2 N–H and O–H groups in total. The molecule has 0 fully saturated rings. The van der Waals surface area contributed by atoms with Crippen LogP contribution in [0, 0.1) is 0 Å². The lowest BCUT2D eigenvalue weighted by atomic mass is 10.1. The van der Waals surface area contributed by atoms with Gasteiger partial charge in [-0.05, 0) is 36.2 Å². The van der Waals surface area contributed by atoms with Gasteiger partial charge in [-0.15, -0.1) is 11.8 Å². The van der Waals surface area contributed by atoms with Crippen LogP contribution in [0.1, 0.15) is 24.2 Å². The number of thioether (sulfide) groups is 1. The van der Waals surface area contributed by atoms with Crippen LogP contribution in [0.3, 0.4) is 0 Å². The Hall–Kier alpha value is -1.81. The molecule has 0 saturated carbocycles. The van der Waals surface area contributed by atoms with E-state index in [9.17, 15) is 0 Å². The molecule has 0 bridgehead atoms. The van der Waals surface area contributed by atoms with Gasteiger partial charge in [0.1, 0.15) is 11.5 Å². The van der Waals surface area contributed by atoms with Crippen LogP contribution in [0.2, 0.25) is 0 Å². The summed E-state index contributed by atoms with van der Waals surface area (Å²) in [6, 6.07) is 14.0. The molecule has 0 aliphatic heterocycles. The van der Waals surface area contributed by atoms with Gasteiger partial charge in [0.15, 0.2) is 0 Å². The molecule has 2 rings (SSSR count). The fourth-order valence-electron chi connectivity index (χ4n) is 2.14. The lowest BCUT2D eigenvalue weighted by molar-refractivity contribution is 0.393. The second-order valence-corrected chi connectivity index (χ2v) is 5.94. The van der Waals surface area contributed by atoms with Gasteiger partial charge in [-0.25, -0.2) is 0 Å². The molecule has 2 aromatic rings. The maximum Gasteiger partial charge on any atom is 0.122 e. The summed E-state index contributed by atoms with van der Waals surface area (Å²) in [5, 5.41) is 0.304. The molecule has 0 aliphatic rings. The molecule has 0 aliphatic carbocycles. The van der Waals surface area contributed by atoms with Crippen LogP contribution in [0.4, 0.5) is 5.69 Å². The Kier molecular flexibility index (Phi) is 5.39. The largest absolute Gasteiger partial charge is 0.497 e. The summed E-state index contributed by atoms with van der Waals surface area (Å²) in [5.74, 6) is 1.62. The Morgan fingerprint density at radius 3 is 2.19 bits per heavy atom. The third kappa shape index (κ3) is 3.85. The van der Waals surface area contributed by atoms with Gasteiger partial charge in [-0.2, -0.15) is 0 Å². The van der Waals surface area contributed by atoms with E-state index in [1.165, 1.54) is 5.56 Å². The van der Waals surface area contributed by atoms with Crippen molar-refractivity contribution in [1.82, 2.24) is 0 Å². The van der Waals surface area contributed by atoms with Crippen molar-refractivity contribution in [2.75, 3.05) is 20.0 Å². The number of hydrogen-bond donors (Lipinski definition) is 1. The molecular weight excluding hydrogens is 282 g/mol. The summed E-state index contributed by atoms with van der Waals surface area (Å²) >= 11 is 1.77. The van der Waals surface area contributed by atoms with Crippen molar-refractivity contribution >= 4 is 17.4 Å². The number of benzene rings is 2. The number of nitrogens with two attached hydrogens (primary N) is 1. The van der Waals surface area contributed by atoms with Gasteiger partial charge in [0.25, 0.3) is 0 Å². The quantitative estimate of drug-likeness (QED) is 0.629. The van der Waals surface area contributed by atoms with Crippen LogP contribution in [0.5, 0.6) is 11.5 Å². The average Bonchev–Trinajstić information content (AvgIpc) is 2.53. The minimum Gasteiger partial charge on any atom is -0.497 e. The van der Waals surface area contributed by atoms with Gasteiger partial charge < -0.3 is 15.2 Å². The van der Waals surface area contributed by atoms with Gasteiger partial charge in [0.05, 0.1) is 14.2 Å². The van der Waals surface area contributed by atoms with Crippen molar-refractivity contribution in [1.29, 1.82) is 0 Å².